The summed E-state index contributed by atoms with van der Waals surface area (Å²) in [5.74, 6) is -0.0443. The highest BCUT2D eigenvalue weighted by atomic mass is 79.9. The first-order chi connectivity index (χ1) is 7.68. The molecule has 0 saturated heterocycles. The Morgan fingerprint density at radius 1 is 1.44 bits per heavy atom. The first kappa shape index (κ1) is 11.7. The fraction of sp³-hybridized carbons (Fsp3) is 0.250. The minimum Gasteiger partial charge on any atom is -0.501 e. The second-order valence-corrected chi connectivity index (χ2v) is 4.89. The zero-order valence-corrected chi connectivity index (χ0v) is 10.8. The Bertz CT molecular complexity index is 454. The maximum absolute atomic E-state index is 12.1. The molecule has 0 N–H and O–H groups in total. The molecule has 0 spiro atoms. The lowest BCUT2D eigenvalue weighted by Crippen LogP contribution is -2.09. The van der Waals surface area contributed by atoms with Crippen LogP contribution in [0.15, 0.2) is 34.5 Å². The minimum atomic E-state index is -0.0443. The number of halogens is 2. The van der Waals surface area contributed by atoms with Gasteiger partial charge in [0.05, 0.1) is 17.9 Å². The molecule has 16 heavy (non-hydrogen) atoms. The second-order valence-electron chi connectivity index (χ2n) is 3.57. The molecule has 0 aliphatic carbocycles. The summed E-state index contributed by atoms with van der Waals surface area (Å²) in [4.78, 5) is 12.1. The van der Waals surface area contributed by atoms with E-state index >= 15 is 0 Å². The number of ketones is 1. The average molecular weight is 302 g/mol. The quantitative estimate of drug-likeness (QED) is 0.772. The predicted octanol–water partition coefficient (Wildman–Crippen LogP) is 3.98. The summed E-state index contributed by atoms with van der Waals surface area (Å²) in [6.07, 6.45) is 3.18. The van der Waals surface area contributed by atoms with Crippen LogP contribution in [-0.4, -0.2) is 12.4 Å². The fourth-order valence-corrected chi connectivity index (χ4v) is 2.34. The van der Waals surface area contributed by atoms with Crippen molar-refractivity contribution in [2.24, 2.45) is 0 Å². The van der Waals surface area contributed by atoms with Gasteiger partial charge >= 0.3 is 0 Å². The first-order valence-corrected chi connectivity index (χ1v) is 6.16. The van der Waals surface area contributed by atoms with Crippen molar-refractivity contribution in [2.75, 3.05) is 6.61 Å². The lowest BCUT2D eigenvalue weighted by molar-refractivity contribution is 0.101. The highest BCUT2D eigenvalue weighted by Gasteiger charge is 2.17. The van der Waals surface area contributed by atoms with Crippen LogP contribution in [0.25, 0.3) is 0 Å². The zero-order valence-electron chi connectivity index (χ0n) is 8.50. The largest absolute Gasteiger partial charge is 0.501 e. The smallest absolute Gasteiger partial charge is 0.193 e. The van der Waals surface area contributed by atoms with Crippen LogP contribution in [0.5, 0.6) is 0 Å². The van der Waals surface area contributed by atoms with Gasteiger partial charge in [-0.2, -0.15) is 0 Å². The number of benzene rings is 1. The second kappa shape index (κ2) is 5.02. The summed E-state index contributed by atoms with van der Waals surface area (Å²) in [5.41, 5.74) is 1.22. The molecule has 0 radical (unpaired) electrons. The summed E-state index contributed by atoms with van der Waals surface area (Å²) >= 11 is 9.33. The molecule has 0 saturated carbocycles. The normalized spacial score (nSPS) is 15.2. The van der Waals surface area contributed by atoms with Crippen molar-refractivity contribution >= 4 is 33.3 Å². The number of ether oxygens (including phenoxy) is 1. The molecule has 1 aliphatic heterocycles. The summed E-state index contributed by atoms with van der Waals surface area (Å²) in [5, 5.41) is 0.464. The van der Waals surface area contributed by atoms with Crippen LogP contribution in [-0.2, 0) is 4.74 Å². The molecule has 84 valence electrons. The third-order valence-electron chi connectivity index (χ3n) is 2.40. The van der Waals surface area contributed by atoms with E-state index in [9.17, 15) is 4.79 Å². The van der Waals surface area contributed by atoms with Crippen molar-refractivity contribution in [3.63, 3.8) is 0 Å². The maximum atomic E-state index is 12.1. The van der Waals surface area contributed by atoms with Crippen LogP contribution >= 0.6 is 27.5 Å². The van der Waals surface area contributed by atoms with E-state index in [0.29, 0.717) is 22.8 Å². The van der Waals surface area contributed by atoms with E-state index in [1.165, 1.54) is 0 Å². The van der Waals surface area contributed by atoms with Crippen LogP contribution in [0, 0.1) is 0 Å². The molecule has 0 fully saturated rings. The monoisotopic (exact) mass is 300 g/mol. The lowest BCUT2D eigenvalue weighted by Gasteiger charge is -2.13. The van der Waals surface area contributed by atoms with Crippen LogP contribution < -0.4 is 0 Å². The van der Waals surface area contributed by atoms with Crippen molar-refractivity contribution < 1.29 is 9.53 Å². The van der Waals surface area contributed by atoms with Gasteiger partial charge in [0.2, 0.25) is 0 Å². The van der Waals surface area contributed by atoms with Gasteiger partial charge in [0.1, 0.15) is 0 Å². The maximum Gasteiger partial charge on any atom is 0.193 e. The SMILES string of the molecule is O=C(C1=COCCC1)c1ccc(Br)cc1Cl. The number of hydrogen-bond acceptors (Lipinski definition) is 2. The molecular formula is C12H10BrClO2. The fourth-order valence-electron chi connectivity index (χ4n) is 1.58. The van der Waals surface area contributed by atoms with Gasteiger partial charge in [-0.05, 0) is 31.0 Å². The Kier molecular flexibility index (Phi) is 3.66. The van der Waals surface area contributed by atoms with E-state index in [4.69, 9.17) is 16.3 Å². The van der Waals surface area contributed by atoms with Gasteiger partial charge in [-0.1, -0.05) is 27.5 Å². The molecule has 0 atom stereocenters. The minimum absolute atomic E-state index is 0.0443. The third-order valence-corrected chi connectivity index (χ3v) is 3.21. The van der Waals surface area contributed by atoms with Crippen LogP contribution in [0.2, 0.25) is 5.02 Å². The summed E-state index contributed by atoms with van der Waals surface area (Å²) < 4.78 is 6.02. The average Bonchev–Trinajstić information content (AvgIpc) is 2.29. The topological polar surface area (TPSA) is 26.3 Å². The lowest BCUT2D eigenvalue weighted by atomic mass is 10.00. The summed E-state index contributed by atoms with van der Waals surface area (Å²) in [6.45, 7) is 0.685. The number of allylic oxidation sites excluding steroid dienone is 1. The zero-order chi connectivity index (χ0) is 11.5. The van der Waals surface area contributed by atoms with E-state index in [1.807, 2.05) is 6.07 Å². The van der Waals surface area contributed by atoms with Gasteiger partial charge in [0.25, 0.3) is 0 Å². The molecule has 1 aromatic rings. The van der Waals surface area contributed by atoms with E-state index < -0.39 is 0 Å². The highest BCUT2D eigenvalue weighted by molar-refractivity contribution is 9.10. The first-order valence-electron chi connectivity index (χ1n) is 4.99. The molecule has 2 nitrogen and oxygen atoms in total. The van der Waals surface area contributed by atoms with Crippen molar-refractivity contribution in [1.29, 1.82) is 0 Å². The number of hydrogen-bond donors (Lipinski definition) is 0. The van der Waals surface area contributed by atoms with Gasteiger partial charge in [0.15, 0.2) is 5.78 Å². The summed E-state index contributed by atoms with van der Waals surface area (Å²) in [6, 6.07) is 5.26. The van der Waals surface area contributed by atoms with Gasteiger partial charge < -0.3 is 4.74 Å². The Balaban J connectivity index is 2.30. The molecule has 0 bridgehead atoms. The molecule has 2 rings (SSSR count). The Hall–Kier alpha value is -0.800. The van der Waals surface area contributed by atoms with Gasteiger partial charge in [-0.15, -0.1) is 0 Å². The van der Waals surface area contributed by atoms with Crippen molar-refractivity contribution in [3.8, 4) is 0 Å². The Labute approximate surface area is 107 Å². The van der Waals surface area contributed by atoms with Crippen molar-refractivity contribution in [1.82, 2.24) is 0 Å². The van der Waals surface area contributed by atoms with Crippen LogP contribution in [0.1, 0.15) is 23.2 Å². The molecule has 0 unspecified atom stereocenters. The molecule has 1 aliphatic rings. The Morgan fingerprint density at radius 3 is 2.88 bits per heavy atom. The number of rotatable bonds is 2. The van der Waals surface area contributed by atoms with Crippen LogP contribution in [0.4, 0.5) is 0 Å². The van der Waals surface area contributed by atoms with E-state index in [2.05, 4.69) is 15.9 Å². The van der Waals surface area contributed by atoms with Gasteiger partial charge in [-0.25, -0.2) is 0 Å². The standard InChI is InChI=1S/C12H10BrClO2/c13-9-3-4-10(11(14)6-9)12(15)8-2-1-5-16-7-8/h3-4,6-7H,1-2,5H2. The highest BCUT2D eigenvalue weighted by Crippen LogP contribution is 2.25. The molecule has 0 aromatic heterocycles. The van der Waals surface area contributed by atoms with Gasteiger partial charge in [0, 0.05) is 15.6 Å². The van der Waals surface area contributed by atoms with Crippen LogP contribution in [0.3, 0.4) is 0 Å². The molecule has 4 heteroatoms. The molecular weight excluding hydrogens is 291 g/mol. The summed E-state index contributed by atoms with van der Waals surface area (Å²) in [7, 11) is 0. The molecule has 1 heterocycles. The third kappa shape index (κ3) is 2.47. The van der Waals surface area contributed by atoms with Crippen molar-refractivity contribution in [3.05, 3.63) is 45.1 Å². The predicted molar refractivity (Wildman–Crippen MR) is 66.8 cm³/mol. The number of Topliss-reactive ketones (excluding diaryl/α,β-unsaturated/α-hetero) is 1. The van der Waals surface area contributed by atoms with E-state index in [1.54, 1.807) is 18.4 Å². The van der Waals surface area contributed by atoms with E-state index in [0.717, 1.165) is 17.3 Å². The molecule has 1 aromatic carbocycles. The number of carbonyl (C=O) groups is 1. The number of carbonyl (C=O) groups excluding carboxylic acids is 1. The van der Waals surface area contributed by atoms with Gasteiger partial charge in [-0.3, -0.25) is 4.79 Å². The van der Waals surface area contributed by atoms with E-state index in [-0.39, 0.29) is 5.78 Å². The molecule has 0 amide bonds. The van der Waals surface area contributed by atoms with Crippen molar-refractivity contribution in [2.45, 2.75) is 12.8 Å². The Morgan fingerprint density at radius 2 is 2.25 bits per heavy atom.